The third-order valence-corrected chi connectivity index (χ3v) is 35.7. The number of cyclic esters (lactones) is 1. The average Bonchev–Trinajstić information content (AvgIpc) is 1.66. The normalized spacial score (nSPS) is 25.8. The molecule has 8 unspecified atom stereocenters. The first-order valence-corrected chi connectivity index (χ1v) is 51.9. The molecule has 0 N–H and O–H groups in total. The number of ether oxygens (including phenoxy) is 6. The Bertz CT molecular complexity index is 4730. The van der Waals surface area contributed by atoms with E-state index in [1.807, 2.05) is 60.7 Å². The molecular weight excluding hydrogens is 1790 g/mol. The molecule has 8 atom stereocenters. The lowest BCUT2D eigenvalue weighted by molar-refractivity contribution is -0.183. The van der Waals surface area contributed by atoms with Crippen LogP contribution in [-0.2, 0) is 106 Å². The maximum atomic E-state index is 12.8. The maximum Gasteiger partial charge on any atom is 0.377 e. The second kappa shape index (κ2) is 45.8. The Morgan fingerprint density at radius 1 is 0.391 bits per heavy atom. The fourth-order valence-electron chi connectivity index (χ4n) is 21.0. The number of alkyl halides is 8. The zero-order valence-corrected chi connectivity index (χ0v) is 78.7. The molecule has 15 nitrogen and oxygen atoms in total. The van der Waals surface area contributed by atoms with Crippen LogP contribution in [0.5, 0.6) is 0 Å². The molecule has 14 aliphatic rings. The molecule has 8 aromatic rings. The second-order valence-electron chi connectivity index (χ2n) is 37.4. The molecular formula is C106H118F8O15S4+4. The highest BCUT2D eigenvalue weighted by Crippen LogP contribution is 2.61. The molecule has 10 saturated carbocycles. The lowest BCUT2D eigenvalue weighted by atomic mass is 9.49. The Hall–Kier alpha value is -9.57. The van der Waals surface area contributed by atoms with Gasteiger partial charge in [0.25, 0.3) is 0 Å². The van der Waals surface area contributed by atoms with Crippen molar-refractivity contribution in [2.75, 3.05) is 54.3 Å². The van der Waals surface area contributed by atoms with Crippen molar-refractivity contribution in [3.8, 4) is 0 Å². The van der Waals surface area contributed by atoms with Gasteiger partial charge >= 0.3 is 59.5 Å². The molecule has 22 rings (SSSR count). The van der Waals surface area contributed by atoms with E-state index in [1.165, 1.54) is 97.3 Å². The van der Waals surface area contributed by atoms with Crippen molar-refractivity contribution in [3.05, 3.63) is 254 Å². The molecule has 10 aliphatic carbocycles. The average molecular weight is 1910 g/mol. The highest BCUT2D eigenvalue weighted by molar-refractivity contribution is 7.98. The van der Waals surface area contributed by atoms with Crippen LogP contribution in [0.1, 0.15) is 164 Å². The SMILES string of the molecule is CC(F)(F)C(=O)OC1C2CC3C(=O)OC1C3C2.CC(F)(F)C(=O)OC1COC(=O)C1.CC(F)(F)C(=O)OCC12CC3CC(C1)C(=O)C(C3)C2.CC(F)(F)C(=O)OCC12CC3CC(CC(C3)C1)C2.O=C(C[S+]1CCCC1)c1ccccc1.O=C(C[S+]1CCCC1)c1ccccc1.c1ccc([S+](c2ccccc2)c2ccccc2)cc1.c1ccc([S+](c2ccccc2)c2ccccc2)cc1. The number of fused-ring (bicyclic) bond motifs is 1. The van der Waals surface area contributed by atoms with Crippen molar-refractivity contribution in [1.29, 1.82) is 0 Å². The van der Waals surface area contributed by atoms with E-state index in [1.54, 1.807) is 0 Å². The van der Waals surface area contributed by atoms with Crippen LogP contribution in [0.15, 0.2) is 272 Å². The van der Waals surface area contributed by atoms with E-state index in [2.05, 4.69) is 191 Å². The van der Waals surface area contributed by atoms with Crippen molar-refractivity contribution in [3.63, 3.8) is 0 Å². The Labute approximate surface area is 785 Å². The number of carbonyl (C=O) groups excluding carboxylic acids is 9. The smallest absolute Gasteiger partial charge is 0.377 e. The molecule has 708 valence electrons. The van der Waals surface area contributed by atoms with Gasteiger partial charge in [-0.3, -0.25) is 24.0 Å². The van der Waals surface area contributed by atoms with Crippen LogP contribution in [0, 0.1) is 64.1 Å². The zero-order chi connectivity index (χ0) is 94.7. The molecule has 0 spiro atoms. The number of esters is 6. The number of halogens is 8. The van der Waals surface area contributed by atoms with Crippen molar-refractivity contribution >= 4 is 96.7 Å². The topological polar surface area (TPSA) is 209 Å². The van der Waals surface area contributed by atoms with Crippen molar-refractivity contribution in [2.24, 2.45) is 64.1 Å². The van der Waals surface area contributed by atoms with Gasteiger partial charge < -0.3 is 28.4 Å². The molecule has 0 radical (unpaired) electrons. The molecule has 27 heteroatoms. The van der Waals surface area contributed by atoms with Crippen LogP contribution in [0.3, 0.4) is 0 Å². The number of hydrogen-bond donors (Lipinski definition) is 0. The Balaban J connectivity index is 0.000000130. The van der Waals surface area contributed by atoms with Gasteiger partial charge in [0.15, 0.2) is 40.9 Å². The first-order valence-electron chi connectivity index (χ1n) is 46.0. The van der Waals surface area contributed by atoms with E-state index in [0.29, 0.717) is 92.0 Å². The van der Waals surface area contributed by atoms with E-state index >= 15 is 0 Å². The molecule has 14 fully saturated rings. The van der Waals surface area contributed by atoms with Crippen LogP contribution in [0.4, 0.5) is 35.1 Å². The molecule has 0 aromatic heterocycles. The molecule has 133 heavy (non-hydrogen) atoms. The monoisotopic (exact) mass is 1910 g/mol. The first kappa shape index (κ1) is 101. The summed E-state index contributed by atoms with van der Waals surface area (Å²) in [5, 5.41) is 0. The third kappa shape index (κ3) is 28.1. The lowest BCUT2D eigenvalue weighted by Crippen LogP contribution is -2.53. The van der Waals surface area contributed by atoms with Crippen molar-refractivity contribution < 1.29 is 107 Å². The van der Waals surface area contributed by atoms with Gasteiger partial charge in [0, 0.05) is 73.3 Å². The Kier molecular flexibility index (Phi) is 34.8. The molecule has 10 bridgehead atoms. The quantitative estimate of drug-likeness (QED) is 0.0203. The summed E-state index contributed by atoms with van der Waals surface area (Å²) >= 11 is 0. The van der Waals surface area contributed by atoms with Crippen LogP contribution in [0.25, 0.3) is 0 Å². The zero-order valence-electron chi connectivity index (χ0n) is 75.4. The van der Waals surface area contributed by atoms with E-state index < -0.39 is 71.8 Å². The number of ketones is 3. The summed E-state index contributed by atoms with van der Waals surface area (Å²) in [6.07, 6.45) is 15.7. The fraction of sp³-hybridized carbons (Fsp3) is 0.462. The van der Waals surface area contributed by atoms with Crippen LogP contribution < -0.4 is 0 Å². The van der Waals surface area contributed by atoms with Gasteiger partial charge in [-0.15, -0.1) is 0 Å². The summed E-state index contributed by atoms with van der Waals surface area (Å²) in [6.45, 7) is 2.22. The Morgan fingerprint density at radius 3 is 1.02 bits per heavy atom. The van der Waals surface area contributed by atoms with E-state index in [0.717, 1.165) is 85.3 Å². The largest absolute Gasteiger partial charge is 0.462 e. The van der Waals surface area contributed by atoms with Crippen LogP contribution >= 0.6 is 0 Å². The van der Waals surface area contributed by atoms with Crippen molar-refractivity contribution in [2.45, 2.75) is 215 Å². The summed E-state index contributed by atoms with van der Waals surface area (Å²) in [5.74, 6) is -10.1. The standard InChI is InChI=1S/2C18H15S.C14H18F2O3.C14H20F2O2.2C12H15OS.C11H12F2O4.C7H8F2O4/c2*1-4-10-16(11-5-1)19(17-12-6-2-7-13-17)18-14-8-3-9-15-18;1-13(15,16)12(18)19-7-14-4-8-2-9(5-14)11(17)10(3-8)6-14;1-13(15,16)12(17)18-8-14-5-9-2-10(6-14)4-11(3-9)7-14;2*13-12(10-14-8-4-5-9-14)11-6-2-1-3-7-11;1-11(12,13)10(15)17-7-4-2-5-6(3-4)9(14)16-8(5)7;1-7(8,9)6(11)13-4-2-5(10)12-3-4/h2*1-15H;8-10H,2-7H2,1H3;9-11H,2-8H2,1H3;2*1-3,6-7H,4-5,8-10H2;4-8H,2-3H2,1H3;4H,2-3H2,1H3/q2*+1;;;2*+1;;. The van der Waals surface area contributed by atoms with E-state index in [9.17, 15) is 78.3 Å². The van der Waals surface area contributed by atoms with Gasteiger partial charge in [-0.25, -0.2) is 19.2 Å². The van der Waals surface area contributed by atoms with Gasteiger partial charge in [0.1, 0.15) is 53.7 Å². The van der Waals surface area contributed by atoms with Crippen LogP contribution in [0.2, 0.25) is 0 Å². The molecule has 8 aromatic carbocycles. The predicted molar refractivity (Wildman–Crippen MR) is 498 cm³/mol. The van der Waals surface area contributed by atoms with E-state index in [-0.39, 0.29) is 94.4 Å². The Morgan fingerprint density at radius 2 is 0.699 bits per heavy atom. The minimum Gasteiger partial charge on any atom is -0.462 e. The maximum absolute atomic E-state index is 12.8. The van der Waals surface area contributed by atoms with Crippen LogP contribution in [-0.4, -0.2) is 150 Å². The summed E-state index contributed by atoms with van der Waals surface area (Å²) in [7, 11) is 0.756. The summed E-state index contributed by atoms with van der Waals surface area (Å²) in [4.78, 5) is 110. The van der Waals surface area contributed by atoms with Gasteiger partial charge in [-0.05, 0) is 227 Å². The van der Waals surface area contributed by atoms with Crippen molar-refractivity contribution in [1.82, 2.24) is 0 Å². The summed E-state index contributed by atoms with van der Waals surface area (Å²) in [6, 6.07) is 83.6. The number of benzene rings is 8. The highest BCUT2D eigenvalue weighted by atomic mass is 32.2. The second-order valence-corrected chi connectivity index (χ2v) is 46.1. The molecule has 4 saturated heterocycles. The van der Waals surface area contributed by atoms with Gasteiger partial charge in [-0.1, -0.05) is 170 Å². The minimum absolute atomic E-state index is 0.00671. The molecule has 4 heterocycles. The predicted octanol–water partition coefficient (Wildman–Crippen LogP) is 21.7. The first-order chi connectivity index (χ1) is 63.5. The lowest BCUT2D eigenvalue weighted by Gasteiger charge is -2.56. The third-order valence-electron chi connectivity index (χ3n) is 26.5. The fourth-order valence-corrected chi connectivity index (χ4v) is 29.7. The van der Waals surface area contributed by atoms with Gasteiger partial charge in [0.2, 0.25) is 11.6 Å². The number of Topliss-reactive ketones (excluding diaryl/α,β-unsaturated/α-hetero) is 3. The molecule has 4 aliphatic heterocycles. The van der Waals surface area contributed by atoms with E-state index in [4.69, 9.17) is 18.9 Å². The summed E-state index contributed by atoms with van der Waals surface area (Å²) in [5.41, 5.74) is 1.57. The number of carbonyl (C=O) groups is 9. The minimum atomic E-state index is -3.52. The van der Waals surface area contributed by atoms with Gasteiger partial charge in [-0.2, -0.15) is 35.1 Å². The number of hydrogen-bond acceptors (Lipinski definition) is 15. The van der Waals surface area contributed by atoms with Gasteiger partial charge in [0.05, 0.1) is 47.3 Å². The number of rotatable bonds is 22. The molecule has 0 amide bonds. The summed E-state index contributed by atoms with van der Waals surface area (Å²) < 4.78 is 130. The highest BCUT2D eigenvalue weighted by Gasteiger charge is 2.64.